The quantitative estimate of drug-likeness (QED) is 0.768. The summed E-state index contributed by atoms with van der Waals surface area (Å²) in [7, 11) is 1.88. The van der Waals surface area contributed by atoms with Gasteiger partial charge in [0, 0.05) is 38.3 Å². The largest absolute Gasteiger partial charge is 0.508 e. The van der Waals surface area contributed by atoms with Crippen molar-refractivity contribution >= 4 is 11.6 Å². The highest BCUT2D eigenvalue weighted by Crippen LogP contribution is 2.33. The maximum absolute atomic E-state index is 9.87. The lowest BCUT2D eigenvalue weighted by molar-refractivity contribution is 0.430. The molecule has 4 rings (SSSR count). The Bertz CT molecular complexity index is 766. The van der Waals surface area contributed by atoms with Crippen LogP contribution in [0.2, 0.25) is 0 Å². The number of rotatable bonds is 5. The number of phenols is 1. The molecule has 138 valence electrons. The molecule has 1 aromatic heterocycles. The summed E-state index contributed by atoms with van der Waals surface area (Å²) in [6, 6.07) is 8.59. The average molecular weight is 353 g/mol. The molecule has 1 aliphatic carbocycles. The van der Waals surface area contributed by atoms with E-state index in [1.165, 1.54) is 30.4 Å². The van der Waals surface area contributed by atoms with E-state index >= 15 is 0 Å². The molecule has 1 aromatic carbocycles. The SMILES string of the molecule is CNc1cc(N2CCCC2CNC2CCCc3ccc(O)cc32)ncn1. The van der Waals surface area contributed by atoms with E-state index in [1.807, 2.05) is 19.2 Å². The number of nitrogens with zero attached hydrogens (tertiary/aromatic N) is 3. The Labute approximate surface area is 154 Å². The molecule has 6 heteroatoms. The van der Waals surface area contributed by atoms with Gasteiger partial charge in [0.2, 0.25) is 0 Å². The number of fused-ring (bicyclic) bond motifs is 1. The minimum Gasteiger partial charge on any atom is -0.508 e. The van der Waals surface area contributed by atoms with Gasteiger partial charge in [0.1, 0.15) is 23.7 Å². The molecule has 1 fully saturated rings. The van der Waals surface area contributed by atoms with Crippen LogP contribution in [0.3, 0.4) is 0 Å². The second kappa shape index (κ2) is 7.50. The highest BCUT2D eigenvalue weighted by molar-refractivity contribution is 5.49. The van der Waals surface area contributed by atoms with Gasteiger partial charge in [0.25, 0.3) is 0 Å². The first-order valence-electron chi connectivity index (χ1n) is 9.56. The van der Waals surface area contributed by atoms with Gasteiger partial charge in [-0.05, 0) is 55.4 Å². The monoisotopic (exact) mass is 353 g/mol. The first kappa shape index (κ1) is 17.1. The number of phenolic OH excluding ortho intramolecular Hbond substituents is 1. The van der Waals surface area contributed by atoms with Crippen molar-refractivity contribution in [2.75, 3.05) is 30.4 Å². The zero-order valence-electron chi connectivity index (χ0n) is 15.3. The van der Waals surface area contributed by atoms with Crippen molar-refractivity contribution in [3.63, 3.8) is 0 Å². The van der Waals surface area contributed by atoms with Crippen molar-refractivity contribution in [2.24, 2.45) is 0 Å². The Morgan fingerprint density at radius 3 is 3.00 bits per heavy atom. The summed E-state index contributed by atoms with van der Waals surface area (Å²) in [5.74, 6) is 2.21. The lowest BCUT2D eigenvalue weighted by Crippen LogP contribution is -2.40. The zero-order valence-corrected chi connectivity index (χ0v) is 15.3. The number of aryl methyl sites for hydroxylation is 1. The van der Waals surface area contributed by atoms with Crippen molar-refractivity contribution < 1.29 is 5.11 Å². The number of anilines is 2. The predicted octanol–water partition coefficient (Wildman–Crippen LogP) is 2.86. The van der Waals surface area contributed by atoms with Gasteiger partial charge < -0.3 is 20.6 Å². The van der Waals surface area contributed by atoms with E-state index in [4.69, 9.17) is 0 Å². The second-order valence-corrected chi connectivity index (χ2v) is 7.24. The van der Waals surface area contributed by atoms with Crippen molar-refractivity contribution in [3.8, 4) is 5.75 Å². The lowest BCUT2D eigenvalue weighted by atomic mass is 9.87. The molecule has 0 amide bonds. The van der Waals surface area contributed by atoms with Crippen LogP contribution in [0.5, 0.6) is 5.75 Å². The zero-order chi connectivity index (χ0) is 17.9. The lowest BCUT2D eigenvalue weighted by Gasteiger charge is -2.31. The van der Waals surface area contributed by atoms with Crippen LogP contribution >= 0.6 is 0 Å². The smallest absolute Gasteiger partial charge is 0.134 e. The van der Waals surface area contributed by atoms with Crippen LogP contribution in [0, 0.1) is 0 Å². The number of aromatic nitrogens is 2. The normalized spacial score (nSPS) is 22.3. The Morgan fingerprint density at radius 2 is 2.12 bits per heavy atom. The van der Waals surface area contributed by atoms with Crippen molar-refractivity contribution in [2.45, 2.75) is 44.2 Å². The van der Waals surface area contributed by atoms with Crippen LogP contribution in [0.1, 0.15) is 42.9 Å². The van der Waals surface area contributed by atoms with Gasteiger partial charge in [-0.1, -0.05) is 6.07 Å². The number of nitrogens with one attached hydrogen (secondary N) is 2. The first-order chi connectivity index (χ1) is 12.7. The van der Waals surface area contributed by atoms with Crippen LogP contribution in [-0.4, -0.2) is 41.3 Å². The maximum atomic E-state index is 9.87. The van der Waals surface area contributed by atoms with Gasteiger partial charge in [-0.25, -0.2) is 9.97 Å². The van der Waals surface area contributed by atoms with Gasteiger partial charge in [0.05, 0.1) is 0 Å². The van der Waals surface area contributed by atoms with E-state index in [2.05, 4.69) is 31.6 Å². The third kappa shape index (κ3) is 3.46. The molecule has 2 aliphatic rings. The van der Waals surface area contributed by atoms with Crippen molar-refractivity contribution in [1.82, 2.24) is 15.3 Å². The molecule has 2 heterocycles. The number of hydrogen-bond donors (Lipinski definition) is 3. The molecular formula is C20H27N5O. The summed E-state index contributed by atoms with van der Waals surface area (Å²) in [5.41, 5.74) is 2.63. The fourth-order valence-electron chi connectivity index (χ4n) is 4.27. The van der Waals surface area contributed by atoms with Gasteiger partial charge in [-0.3, -0.25) is 0 Å². The van der Waals surface area contributed by atoms with E-state index in [0.717, 1.165) is 37.6 Å². The van der Waals surface area contributed by atoms with Gasteiger partial charge in [-0.2, -0.15) is 0 Å². The third-order valence-electron chi connectivity index (χ3n) is 5.62. The first-order valence-corrected chi connectivity index (χ1v) is 9.56. The molecule has 2 unspecified atom stereocenters. The highest BCUT2D eigenvalue weighted by Gasteiger charge is 2.28. The van der Waals surface area contributed by atoms with Gasteiger partial charge >= 0.3 is 0 Å². The molecule has 0 bridgehead atoms. The van der Waals surface area contributed by atoms with Crippen LogP contribution in [0.25, 0.3) is 0 Å². The molecule has 2 atom stereocenters. The van der Waals surface area contributed by atoms with Crippen LogP contribution < -0.4 is 15.5 Å². The Morgan fingerprint density at radius 1 is 1.19 bits per heavy atom. The summed E-state index contributed by atoms with van der Waals surface area (Å²) in [4.78, 5) is 11.1. The van der Waals surface area contributed by atoms with E-state index in [9.17, 15) is 5.11 Å². The Kier molecular flexibility index (Phi) is 4.93. The van der Waals surface area contributed by atoms with E-state index < -0.39 is 0 Å². The number of aromatic hydroxyl groups is 1. The second-order valence-electron chi connectivity index (χ2n) is 7.24. The van der Waals surface area contributed by atoms with E-state index in [0.29, 0.717) is 17.8 Å². The Hall–Kier alpha value is -2.34. The van der Waals surface area contributed by atoms with Crippen LogP contribution in [-0.2, 0) is 6.42 Å². The maximum Gasteiger partial charge on any atom is 0.134 e. The predicted molar refractivity (Wildman–Crippen MR) is 104 cm³/mol. The van der Waals surface area contributed by atoms with Gasteiger partial charge in [0.15, 0.2) is 0 Å². The molecule has 6 nitrogen and oxygen atoms in total. The molecule has 1 saturated heterocycles. The molecule has 26 heavy (non-hydrogen) atoms. The molecule has 0 spiro atoms. The minimum atomic E-state index is 0.326. The minimum absolute atomic E-state index is 0.326. The van der Waals surface area contributed by atoms with Gasteiger partial charge in [-0.15, -0.1) is 0 Å². The number of hydrogen-bond acceptors (Lipinski definition) is 6. The summed E-state index contributed by atoms with van der Waals surface area (Å²) in [6.07, 6.45) is 7.42. The van der Waals surface area contributed by atoms with E-state index in [-0.39, 0.29) is 0 Å². The fourth-order valence-corrected chi connectivity index (χ4v) is 4.27. The van der Waals surface area contributed by atoms with Crippen LogP contribution in [0.15, 0.2) is 30.6 Å². The van der Waals surface area contributed by atoms with Crippen LogP contribution in [0.4, 0.5) is 11.6 Å². The molecule has 0 saturated carbocycles. The number of benzene rings is 1. The highest BCUT2D eigenvalue weighted by atomic mass is 16.3. The van der Waals surface area contributed by atoms with Crippen molar-refractivity contribution in [3.05, 3.63) is 41.7 Å². The molecular weight excluding hydrogens is 326 g/mol. The molecule has 2 aromatic rings. The summed E-state index contributed by atoms with van der Waals surface area (Å²) in [6.45, 7) is 1.97. The summed E-state index contributed by atoms with van der Waals surface area (Å²) < 4.78 is 0. The fraction of sp³-hybridized carbons (Fsp3) is 0.500. The van der Waals surface area contributed by atoms with E-state index in [1.54, 1.807) is 12.4 Å². The molecule has 1 aliphatic heterocycles. The Balaban J connectivity index is 1.45. The molecule has 0 radical (unpaired) electrons. The third-order valence-corrected chi connectivity index (χ3v) is 5.62. The summed E-state index contributed by atoms with van der Waals surface area (Å²) >= 11 is 0. The summed E-state index contributed by atoms with van der Waals surface area (Å²) in [5, 5.41) is 16.7. The topological polar surface area (TPSA) is 73.3 Å². The molecule has 3 N–H and O–H groups in total. The average Bonchev–Trinajstić information content (AvgIpc) is 3.15. The standard InChI is InChI=1S/C20H27N5O/c1-21-19-11-20(24-13-23-19)25-9-3-5-15(25)12-22-18-6-2-4-14-7-8-16(26)10-17(14)18/h7-8,10-11,13,15,18,22,26H,2-6,9,12H2,1H3,(H,21,23,24). The van der Waals surface area contributed by atoms with Crippen molar-refractivity contribution in [1.29, 1.82) is 0 Å².